The second-order valence-corrected chi connectivity index (χ2v) is 6.56. The third kappa shape index (κ3) is 3.96. The number of nitrogens with two attached hydrogens (primary N) is 1. The Kier molecular flexibility index (Phi) is 5.52. The largest absolute Gasteiger partial charge is 0.475 e. The van der Waals surface area contributed by atoms with Crippen LogP contribution in [0.4, 0.5) is 0 Å². The zero-order valence-electron chi connectivity index (χ0n) is 13.6. The number of piperidine rings is 1. The quantitative estimate of drug-likeness (QED) is 0.805. The van der Waals surface area contributed by atoms with Gasteiger partial charge in [-0.3, -0.25) is 9.69 Å². The summed E-state index contributed by atoms with van der Waals surface area (Å²) in [6.07, 6.45) is 7.46. The Hall–Kier alpha value is -1.86. The summed E-state index contributed by atoms with van der Waals surface area (Å²) in [7, 11) is 0. The molecule has 1 aliphatic heterocycles. The van der Waals surface area contributed by atoms with Gasteiger partial charge in [0.1, 0.15) is 6.61 Å². The van der Waals surface area contributed by atoms with Gasteiger partial charge in [-0.05, 0) is 50.3 Å². The number of amides is 1. The van der Waals surface area contributed by atoms with E-state index in [1.54, 1.807) is 18.0 Å². The van der Waals surface area contributed by atoms with Crippen molar-refractivity contribution in [3.8, 4) is 5.88 Å². The molecule has 1 aliphatic rings. The van der Waals surface area contributed by atoms with Gasteiger partial charge in [-0.25, -0.2) is 9.97 Å². The normalized spacial score (nSPS) is 18.6. The lowest BCUT2D eigenvalue weighted by Gasteiger charge is -2.33. The minimum Gasteiger partial charge on any atom is -0.475 e. The Labute approximate surface area is 145 Å². The van der Waals surface area contributed by atoms with Crippen LogP contribution in [0, 0.1) is 6.42 Å². The number of hydrogen-bond donors (Lipinski definition) is 1. The van der Waals surface area contributed by atoms with Crippen molar-refractivity contribution in [2.75, 3.05) is 26.0 Å². The third-order valence-electron chi connectivity index (χ3n) is 4.14. The van der Waals surface area contributed by atoms with E-state index in [2.05, 4.69) is 21.3 Å². The third-order valence-corrected chi connectivity index (χ3v) is 4.86. The molecule has 2 heterocycles. The predicted octanol–water partition coefficient (Wildman–Crippen LogP) is 1.88. The van der Waals surface area contributed by atoms with Gasteiger partial charge >= 0.3 is 0 Å². The molecule has 2 aromatic rings. The fraction of sp³-hybridized carbons (Fsp3) is 0.412. The van der Waals surface area contributed by atoms with Crippen LogP contribution in [0.1, 0.15) is 12.8 Å². The van der Waals surface area contributed by atoms with Crippen molar-refractivity contribution in [1.29, 1.82) is 0 Å². The Bertz CT molecular complexity index is 725. The highest BCUT2D eigenvalue weighted by Crippen LogP contribution is 2.21. The molecule has 1 aromatic heterocycles. The molecule has 1 amide bonds. The lowest BCUT2D eigenvalue weighted by Crippen LogP contribution is -2.49. The van der Waals surface area contributed by atoms with E-state index in [0.29, 0.717) is 25.5 Å². The molecule has 1 radical (unpaired) electrons. The van der Waals surface area contributed by atoms with Gasteiger partial charge in [0.25, 0.3) is 0 Å². The van der Waals surface area contributed by atoms with Crippen LogP contribution in [0.25, 0.3) is 11.0 Å². The number of ether oxygens (including phenoxy) is 1. The first-order chi connectivity index (χ1) is 11.7. The summed E-state index contributed by atoms with van der Waals surface area (Å²) >= 11 is 1.67. The maximum Gasteiger partial charge on any atom is 0.234 e. The van der Waals surface area contributed by atoms with Crippen LogP contribution in [-0.4, -0.2) is 52.8 Å². The first kappa shape index (κ1) is 17.0. The van der Waals surface area contributed by atoms with Crippen LogP contribution in [0.15, 0.2) is 29.3 Å². The topological polar surface area (TPSA) is 81.3 Å². The molecule has 0 aliphatic carbocycles. The Morgan fingerprint density at radius 2 is 2.33 bits per heavy atom. The van der Waals surface area contributed by atoms with Crippen LogP contribution < -0.4 is 10.5 Å². The molecule has 24 heavy (non-hydrogen) atoms. The van der Waals surface area contributed by atoms with E-state index in [1.165, 1.54) is 0 Å². The molecule has 7 heteroatoms. The molecule has 6 nitrogen and oxygen atoms in total. The van der Waals surface area contributed by atoms with Crippen LogP contribution in [-0.2, 0) is 4.79 Å². The van der Waals surface area contributed by atoms with Gasteiger partial charge in [-0.2, -0.15) is 0 Å². The van der Waals surface area contributed by atoms with Gasteiger partial charge < -0.3 is 10.5 Å². The first-order valence-corrected chi connectivity index (χ1v) is 9.18. The molecule has 0 spiro atoms. The minimum absolute atomic E-state index is 0.228. The van der Waals surface area contributed by atoms with Gasteiger partial charge in [0.05, 0.1) is 23.3 Å². The van der Waals surface area contributed by atoms with Gasteiger partial charge in [0.15, 0.2) is 0 Å². The monoisotopic (exact) mass is 345 g/mol. The number of carbonyl (C=O) groups excluding carboxylic acids is 1. The molecule has 1 atom stereocenters. The molecule has 0 bridgehead atoms. The molecule has 2 N–H and O–H groups in total. The number of likely N-dealkylation sites (tertiary alicyclic amines) is 1. The summed E-state index contributed by atoms with van der Waals surface area (Å²) < 4.78 is 5.73. The molecule has 1 unspecified atom stereocenters. The fourth-order valence-corrected chi connectivity index (χ4v) is 3.27. The number of nitrogens with zero attached hydrogens (tertiary/aromatic N) is 3. The Balaban J connectivity index is 1.61. The van der Waals surface area contributed by atoms with E-state index in [9.17, 15) is 4.79 Å². The van der Waals surface area contributed by atoms with Gasteiger partial charge in [-0.1, -0.05) is 0 Å². The maximum atomic E-state index is 11.5. The minimum atomic E-state index is -0.277. The summed E-state index contributed by atoms with van der Waals surface area (Å²) in [6.45, 7) is 1.93. The van der Waals surface area contributed by atoms with Crippen LogP contribution in [0.3, 0.4) is 0 Å². The number of hydrogen-bond acceptors (Lipinski definition) is 6. The average Bonchev–Trinajstić information content (AvgIpc) is 2.61. The Morgan fingerprint density at radius 3 is 3.12 bits per heavy atom. The number of benzene rings is 1. The zero-order chi connectivity index (χ0) is 16.9. The van der Waals surface area contributed by atoms with E-state index >= 15 is 0 Å². The van der Waals surface area contributed by atoms with Crippen molar-refractivity contribution in [3.05, 3.63) is 30.8 Å². The van der Waals surface area contributed by atoms with E-state index in [-0.39, 0.29) is 11.9 Å². The number of rotatable bonds is 6. The average molecular weight is 345 g/mol. The molecular formula is C17H21N4O2S. The molecule has 0 saturated carbocycles. The van der Waals surface area contributed by atoms with Crippen molar-refractivity contribution in [3.63, 3.8) is 0 Å². The van der Waals surface area contributed by atoms with Crippen molar-refractivity contribution in [2.45, 2.75) is 23.8 Å². The summed E-state index contributed by atoms with van der Waals surface area (Å²) in [5, 5.41) is 0. The highest BCUT2D eigenvalue weighted by atomic mass is 32.2. The summed E-state index contributed by atoms with van der Waals surface area (Å²) in [6, 6.07) is 5.76. The van der Waals surface area contributed by atoms with Crippen LogP contribution >= 0.6 is 11.8 Å². The zero-order valence-corrected chi connectivity index (χ0v) is 14.5. The van der Waals surface area contributed by atoms with Gasteiger partial charge in [0.2, 0.25) is 11.8 Å². The predicted molar refractivity (Wildman–Crippen MR) is 94.9 cm³/mol. The van der Waals surface area contributed by atoms with Crippen LogP contribution in [0.2, 0.25) is 0 Å². The van der Waals surface area contributed by atoms with Crippen molar-refractivity contribution < 1.29 is 9.53 Å². The van der Waals surface area contributed by atoms with E-state index < -0.39 is 0 Å². The number of carbonyl (C=O) groups is 1. The molecule has 1 fully saturated rings. The summed E-state index contributed by atoms with van der Waals surface area (Å²) in [5.41, 5.74) is 7.13. The van der Waals surface area contributed by atoms with Crippen molar-refractivity contribution in [1.82, 2.24) is 14.9 Å². The van der Waals surface area contributed by atoms with Crippen LogP contribution in [0.5, 0.6) is 5.88 Å². The molecule has 1 aromatic carbocycles. The highest BCUT2D eigenvalue weighted by Gasteiger charge is 2.26. The molecule has 1 saturated heterocycles. The second kappa shape index (κ2) is 7.81. The van der Waals surface area contributed by atoms with Gasteiger partial charge in [0, 0.05) is 11.4 Å². The highest BCUT2D eigenvalue weighted by molar-refractivity contribution is 7.98. The fourth-order valence-electron chi connectivity index (χ4n) is 2.84. The molecule has 127 valence electrons. The van der Waals surface area contributed by atoms with Crippen molar-refractivity contribution in [2.24, 2.45) is 5.73 Å². The smallest absolute Gasteiger partial charge is 0.234 e. The summed E-state index contributed by atoms with van der Waals surface area (Å²) in [5.74, 6) is 0.223. The summed E-state index contributed by atoms with van der Waals surface area (Å²) in [4.78, 5) is 23.6. The Morgan fingerprint density at radius 1 is 1.46 bits per heavy atom. The lowest BCUT2D eigenvalue weighted by atomic mass is 10.0. The first-order valence-electron chi connectivity index (χ1n) is 7.96. The van der Waals surface area contributed by atoms with Gasteiger partial charge in [-0.15, -0.1) is 11.8 Å². The van der Waals surface area contributed by atoms with E-state index in [0.717, 1.165) is 28.9 Å². The molecule has 3 rings (SSSR count). The molecular weight excluding hydrogens is 324 g/mol. The van der Waals surface area contributed by atoms with E-state index in [1.807, 2.05) is 24.5 Å². The second-order valence-electron chi connectivity index (χ2n) is 5.68. The number of aromatic nitrogens is 2. The number of fused-ring (bicyclic) bond motifs is 1. The number of primary amides is 1. The lowest BCUT2D eigenvalue weighted by molar-refractivity contribution is -0.123. The maximum absolute atomic E-state index is 11.5. The number of thioether (sulfide) groups is 1. The standard InChI is InChI=1S/C17H21N4O2S/c1-24-12-5-6-13-14(10-12)20-16(11-19-13)23-9-8-21-7-3-2-4-15(21)17(18)22/h2,5-6,10-11,15H,3-4,7-9H2,1H3,(H2,18,22). The van der Waals surface area contributed by atoms with E-state index in [4.69, 9.17) is 10.5 Å². The van der Waals surface area contributed by atoms with Crippen molar-refractivity contribution >= 4 is 28.7 Å². The SMILES string of the molecule is CSc1ccc2ncc(OCCN3CC[CH]CC3C(N)=O)nc2c1.